The van der Waals surface area contributed by atoms with E-state index in [1.807, 2.05) is 52.4 Å². The fourth-order valence-electron chi connectivity index (χ4n) is 6.40. The number of carbonyl (C=O) groups excluding carboxylic acids is 3. The van der Waals surface area contributed by atoms with Gasteiger partial charge in [-0.15, -0.1) is 11.3 Å². The summed E-state index contributed by atoms with van der Waals surface area (Å²) in [6.07, 6.45) is 9.80. The molecule has 4 heterocycles. The number of ether oxygens (including phenoxy) is 2. The van der Waals surface area contributed by atoms with Crippen LogP contribution in [0.25, 0.3) is 21.6 Å². The Morgan fingerprint density at radius 2 is 1.85 bits per heavy atom. The summed E-state index contributed by atoms with van der Waals surface area (Å²) in [5.74, 6) is 2.04. The molecule has 2 bridgehead atoms. The highest BCUT2D eigenvalue weighted by molar-refractivity contribution is 7.18. The van der Waals surface area contributed by atoms with Crippen LogP contribution in [0.5, 0.6) is 11.5 Å². The summed E-state index contributed by atoms with van der Waals surface area (Å²) in [6, 6.07) is 13.5. The van der Waals surface area contributed by atoms with Gasteiger partial charge in [-0.2, -0.15) is 0 Å². The van der Waals surface area contributed by atoms with Crippen LogP contribution in [0.4, 0.5) is 0 Å². The van der Waals surface area contributed by atoms with Crippen LogP contribution < -0.4 is 14.8 Å². The van der Waals surface area contributed by atoms with Gasteiger partial charge in [0.15, 0.2) is 11.5 Å². The first-order valence-corrected chi connectivity index (χ1v) is 17.8. The fourth-order valence-corrected chi connectivity index (χ4v) is 7.41. The summed E-state index contributed by atoms with van der Waals surface area (Å²) in [4.78, 5) is 52.1. The molecule has 0 aliphatic carbocycles. The number of methoxy groups -OCH3 is 1. The third kappa shape index (κ3) is 8.33. The molecule has 2 aliphatic rings. The van der Waals surface area contributed by atoms with Crippen molar-refractivity contribution < 1.29 is 23.9 Å². The normalized spacial score (nSPS) is 17.8. The molecular weight excluding hydrogens is 629 g/mol. The molecule has 254 valence electrons. The third-order valence-corrected chi connectivity index (χ3v) is 10.1. The van der Waals surface area contributed by atoms with Crippen LogP contribution in [-0.2, 0) is 27.3 Å². The third-order valence-electron chi connectivity index (χ3n) is 9.01. The van der Waals surface area contributed by atoms with Crippen molar-refractivity contribution in [1.82, 2.24) is 29.7 Å². The summed E-state index contributed by atoms with van der Waals surface area (Å²) in [7, 11) is 1.61. The molecule has 0 saturated carbocycles. The van der Waals surface area contributed by atoms with E-state index >= 15 is 0 Å². The summed E-state index contributed by atoms with van der Waals surface area (Å²) >= 11 is 1.73. The Bertz CT molecular complexity index is 1690. The number of aryl methyl sites for hydroxylation is 1. The van der Waals surface area contributed by atoms with Crippen LogP contribution in [0.3, 0.4) is 0 Å². The molecule has 11 nitrogen and oxygen atoms in total. The number of nitrogens with zero attached hydrogens (tertiary/aromatic N) is 5. The second kappa shape index (κ2) is 16.1. The number of thiazole rings is 1. The Kier molecular flexibility index (Phi) is 11.2. The van der Waals surface area contributed by atoms with E-state index in [0.717, 1.165) is 54.0 Å². The van der Waals surface area contributed by atoms with Crippen molar-refractivity contribution in [2.24, 2.45) is 0 Å². The van der Waals surface area contributed by atoms with Crippen LogP contribution in [0.15, 0.2) is 54.9 Å². The quantitative estimate of drug-likeness (QED) is 0.272. The lowest BCUT2D eigenvalue weighted by Crippen LogP contribution is -2.45. The molecule has 2 aromatic heterocycles. The maximum Gasteiger partial charge on any atom is 0.245 e. The number of amides is 3. The molecule has 6 rings (SSSR count). The minimum Gasteiger partial charge on any atom is -0.493 e. The molecule has 4 aromatic rings. The minimum absolute atomic E-state index is 0.0511. The van der Waals surface area contributed by atoms with Gasteiger partial charge in [0, 0.05) is 63.5 Å². The average Bonchev–Trinajstić information content (AvgIpc) is 3.86. The number of fused-ring (bicyclic) bond motifs is 5. The number of hydrogen-bond acceptors (Lipinski definition) is 8. The van der Waals surface area contributed by atoms with Crippen LogP contribution >= 0.6 is 11.3 Å². The summed E-state index contributed by atoms with van der Waals surface area (Å²) in [6.45, 7) is 3.22. The molecule has 1 atom stereocenters. The van der Waals surface area contributed by atoms with E-state index in [2.05, 4.69) is 20.9 Å². The standard InChI is InChI=1S/C36H44N6O5S/c1-46-29-15-13-26-25-30(29)47-24-8-20-42(36(45)28-14-16-32(43)38-28)19-7-6-18-40(22-23-41-21-17-37-35(26)41)34(44)12-5-4-11-33-39-27-9-2-3-10-31(27)48-33/h2-3,9-10,13,15,17,21,25,28H,4-8,11-12,14,16,18-20,22-24H2,1H3,(H,38,43). The molecular formula is C36H44N6O5S. The zero-order valence-electron chi connectivity index (χ0n) is 27.6. The van der Waals surface area contributed by atoms with Crippen molar-refractivity contribution >= 4 is 39.3 Å². The van der Waals surface area contributed by atoms with Gasteiger partial charge in [-0.05, 0) is 75.3 Å². The SMILES string of the molecule is COc1ccc2cc1OCCCN(C(=O)C1CCC(=O)N1)CCCCN(C(=O)CCCCc1nc3ccccc3s1)CCn1ccnc1-2. The lowest BCUT2D eigenvalue weighted by Gasteiger charge is -2.27. The maximum absolute atomic E-state index is 13.6. The van der Waals surface area contributed by atoms with E-state index in [9.17, 15) is 14.4 Å². The number of imidazole rings is 1. The first-order chi connectivity index (χ1) is 23.5. The number of rotatable bonds is 7. The van der Waals surface area contributed by atoms with Gasteiger partial charge in [0.05, 0.1) is 28.9 Å². The monoisotopic (exact) mass is 672 g/mol. The number of para-hydroxylation sites is 1. The smallest absolute Gasteiger partial charge is 0.245 e. The first-order valence-electron chi connectivity index (χ1n) is 17.0. The minimum atomic E-state index is -0.479. The maximum atomic E-state index is 13.6. The first kappa shape index (κ1) is 33.5. The van der Waals surface area contributed by atoms with Crippen molar-refractivity contribution in [3.05, 3.63) is 59.9 Å². The molecule has 2 aromatic carbocycles. The second-order valence-corrected chi connectivity index (χ2v) is 13.5. The number of hydrogen-bond donors (Lipinski definition) is 1. The topological polar surface area (TPSA) is 119 Å². The van der Waals surface area contributed by atoms with Crippen molar-refractivity contribution in [3.8, 4) is 22.9 Å². The molecule has 0 radical (unpaired) electrons. The van der Waals surface area contributed by atoms with Crippen molar-refractivity contribution in [2.45, 2.75) is 70.4 Å². The van der Waals surface area contributed by atoms with Gasteiger partial charge >= 0.3 is 0 Å². The van der Waals surface area contributed by atoms with Crippen molar-refractivity contribution in [1.29, 1.82) is 0 Å². The number of benzene rings is 2. The van der Waals surface area contributed by atoms with Crippen molar-refractivity contribution in [2.75, 3.05) is 39.9 Å². The highest BCUT2D eigenvalue weighted by Gasteiger charge is 2.30. The molecule has 3 amide bonds. The second-order valence-electron chi connectivity index (χ2n) is 12.4. The fraction of sp³-hybridized carbons (Fsp3) is 0.472. The zero-order valence-corrected chi connectivity index (χ0v) is 28.4. The Labute approximate surface area is 285 Å². The summed E-state index contributed by atoms with van der Waals surface area (Å²) in [5, 5.41) is 3.94. The highest BCUT2D eigenvalue weighted by atomic mass is 32.1. The molecule has 1 saturated heterocycles. The van der Waals surface area contributed by atoms with E-state index in [4.69, 9.17) is 14.5 Å². The zero-order chi connectivity index (χ0) is 33.3. The molecule has 1 N–H and O–H groups in total. The van der Waals surface area contributed by atoms with E-state index in [0.29, 0.717) is 76.5 Å². The molecule has 0 spiro atoms. The van der Waals surface area contributed by atoms with Gasteiger partial charge in [0.2, 0.25) is 17.7 Å². The van der Waals surface area contributed by atoms with Gasteiger partial charge in [0.1, 0.15) is 11.9 Å². The van der Waals surface area contributed by atoms with Crippen LogP contribution in [0.1, 0.15) is 56.4 Å². The van der Waals surface area contributed by atoms with E-state index < -0.39 is 6.04 Å². The van der Waals surface area contributed by atoms with Gasteiger partial charge < -0.3 is 29.2 Å². The van der Waals surface area contributed by atoms with Crippen LogP contribution in [0.2, 0.25) is 0 Å². The number of nitrogens with one attached hydrogen (secondary N) is 1. The molecule has 48 heavy (non-hydrogen) atoms. The number of aromatic nitrogens is 3. The average molecular weight is 673 g/mol. The molecule has 12 heteroatoms. The van der Waals surface area contributed by atoms with Gasteiger partial charge in [-0.25, -0.2) is 9.97 Å². The summed E-state index contributed by atoms with van der Waals surface area (Å²) in [5.41, 5.74) is 1.92. The van der Waals surface area contributed by atoms with Gasteiger partial charge in [-0.3, -0.25) is 14.4 Å². The highest BCUT2D eigenvalue weighted by Crippen LogP contribution is 2.32. The van der Waals surface area contributed by atoms with Crippen LogP contribution in [0, 0.1) is 0 Å². The largest absolute Gasteiger partial charge is 0.493 e. The Morgan fingerprint density at radius 3 is 2.67 bits per heavy atom. The summed E-state index contributed by atoms with van der Waals surface area (Å²) < 4.78 is 15.0. The van der Waals surface area contributed by atoms with E-state index in [1.54, 1.807) is 24.6 Å². The predicted molar refractivity (Wildman–Crippen MR) is 185 cm³/mol. The Balaban J connectivity index is 1.14. The lowest BCUT2D eigenvalue weighted by molar-refractivity contribution is -0.135. The number of unbranched alkanes of at least 4 members (excludes halogenated alkanes) is 1. The molecule has 1 unspecified atom stereocenters. The lowest BCUT2D eigenvalue weighted by atomic mass is 10.1. The molecule has 1 fully saturated rings. The Morgan fingerprint density at radius 1 is 1.02 bits per heavy atom. The van der Waals surface area contributed by atoms with E-state index in [-0.39, 0.29) is 17.7 Å². The van der Waals surface area contributed by atoms with Crippen LogP contribution in [-0.4, -0.2) is 88.0 Å². The Hall–Kier alpha value is -4.45. The van der Waals surface area contributed by atoms with E-state index in [1.165, 1.54) is 4.70 Å². The number of carbonyl (C=O) groups is 3. The van der Waals surface area contributed by atoms with Gasteiger partial charge in [-0.1, -0.05) is 12.1 Å². The van der Waals surface area contributed by atoms with Gasteiger partial charge in [0.25, 0.3) is 0 Å². The predicted octanol–water partition coefficient (Wildman–Crippen LogP) is 5.08. The molecule has 2 aliphatic heterocycles. The van der Waals surface area contributed by atoms with Crippen molar-refractivity contribution in [3.63, 3.8) is 0 Å².